The van der Waals surface area contributed by atoms with Crippen LogP contribution in [0.15, 0.2) is 22.7 Å². The lowest BCUT2D eigenvalue weighted by Crippen LogP contribution is -2.34. The fraction of sp³-hybridized carbons (Fsp3) is 0.500. The molecule has 1 unspecified atom stereocenters. The minimum absolute atomic E-state index is 0.0572. The molecule has 0 aromatic heterocycles. The first-order chi connectivity index (χ1) is 7.65. The maximum absolute atomic E-state index is 13.7. The molecule has 0 amide bonds. The van der Waals surface area contributed by atoms with Crippen LogP contribution in [0.1, 0.15) is 18.4 Å². The van der Waals surface area contributed by atoms with Gasteiger partial charge in [-0.25, -0.2) is 4.39 Å². The van der Waals surface area contributed by atoms with E-state index in [1.165, 1.54) is 12.5 Å². The monoisotopic (exact) mass is 303 g/mol. The highest BCUT2D eigenvalue weighted by Crippen LogP contribution is 2.40. The van der Waals surface area contributed by atoms with Crippen LogP contribution in [0.25, 0.3) is 0 Å². The van der Waals surface area contributed by atoms with Gasteiger partial charge in [0.15, 0.2) is 0 Å². The molecule has 2 rings (SSSR count). The molecule has 0 spiro atoms. The first kappa shape index (κ1) is 12.4. The summed E-state index contributed by atoms with van der Waals surface area (Å²) in [5.74, 6) is 1.02. The van der Waals surface area contributed by atoms with E-state index in [0.717, 1.165) is 28.6 Å². The molecule has 4 heteroatoms. The quantitative estimate of drug-likeness (QED) is 0.926. The molecule has 2 N–H and O–H groups in total. The molecular formula is C12H15BrFNS. The summed E-state index contributed by atoms with van der Waals surface area (Å²) in [5, 5.41) is 0. The Kier molecular flexibility index (Phi) is 3.93. The van der Waals surface area contributed by atoms with Crippen LogP contribution in [-0.4, -0.2) is 17.0 Å². The molecule has 1 aromatic carbocycles. The molecule has 16 heavy (non-hydrogen) atoms. The maximum atomic E-state index is 13.7. The van der Waals surface area contributed by atoms with Crippen LogP contribution in [-0.2, 0) is 6.42 Å². The summed E-state index contributed by atoms with van der Waals surface area (Å²) in [4.78, 5) is 0. The smallest absolute Gasteiger partial charge is 0.126 e. The number of hydrogen-bond acceptors (Lipinski definition) is 2. The fourth-order valence-electron chi connectivity index (χ4n) is 2.15. The summed E-state index contributed by atoms with van der Waals surface area (Å²) < 4.78 is 14.6. The highest BCUT2D eigenvalue weighted by Gasteiger charge is 2.34. The number of thioether (sulfide) groups is 1. The van der Waals surface area contributed by atoms with E-state index in [2.05, 4.69) is 15.9 Å². The molecule has 1 heterocycles. The van der Waals surface area contributed by atoms with Crippen LogP contribution >= 0.6 is 27.7 Å². The van der Waals surface area contributed by atoms with Crippen molar-refractivity contribution in [2.24, 2.45) is 5.73 Å². The molecule has 1 saturated heterocycles. The van der Waals surface area contributed by atoms with E-state index in [0.29, 0.717) is 6.54 Å². The average molecular weight is 304 g/mol. The van der Waals surface area contributed by atoms with Gasteiger partial charge in [0, 0.05) is 15.8 Å². The van der Waals surface area contributed by atoms with Gasteiger partial charge in [0.1, 0.15) is 5.82 Å². The second-order valence-electron chi connectivity index (χ2n) is 4.25. The molecule has 1 aliphatic heterocycles. The van der Waals surface area contributed by atoms with Crippen LogP contribution in [0.4, 0.5) is 4.39 Å². The zero-order valence-corrected chi connectivity index (χ0v) is 11.4. The van der Waals surface area contributed by atoms with Crippen molar-refractivity contribution in [3.63, 3.8) is 0 Å². The van der Waals surface area contributed by atoms with Crippen molar-refractivity contribution in [3.05, 3.63) is 34.1 Å². The average Bonchev–Trinajstić information content (AvgIpc) is 2.73. The van der Waals surface area contributed by atoms with Gasteiger partial charge in [-0.2, -0.15) is 11.8 Å². The van der Waals surface area contributed by atoms with E-state index in [1.807, 2.05) is 17.8 Å². The normalized spacial score (nSPS) is 24.9. The fourth-order valence-corrected chi connectivity index (χ4v) is 3.95. The minimum atomic E-state index is -0.122. The Balaban J connectivity index is 2.21. The van der Waals surface area contributed by atoms with E-state index < -0.39 is 0 Å². The Morgan fingerprint density at radius 1 is 1.50 bits per heavy atom. The predicted molar refractivity (Wildman–Crippen MR) is 71.3 cm³/mol. The first-order valence-electron chi connectivity index (χ1n) is 5.43. The van der Waals surface area contributed by atoms with Crippen molar-refractivity contribution in [1.29, 1.82) is 0 Å². The predicted octanol–water partition coefficient (Wildman–Crippen LogP) is 3.36. The van der Waals surface area contributed by atoms with Gasteiger partial charge in [-0.15, -0.1) is 0 Å². The molecular weight excluding hydrogens is 289 g/mol. The third kappa shape index (κ3) is 2.60. The summed E-state index contributed by atoms with van der Waals surface area (Å²) in [6.45, 7) is 0.629. The zero-order chi connectivity index (χ0) is 11.6. The molecule has 0 radical (unpaired) electrons. The molecule has 1 atom stereocenters. The van der Waals surface area contributed by atoms with Crippen molar-refractivity contribution >= 4 is 27.7 Å². The van der Waals surface area contributed by atoms with Crippen molar-refractivity contribution in [3.8, 4) is 0 Å². The summed E-state index contributed by atoms with van der Waals surface area (Å²) in [7, 11) is 0. The highest BCUT2D eigenvalue weighted by atomic mass is 79.9. The van der Waals surface area contributed by atoms with Crippen LogP contribution in [0, 0.1) is 5.82 Å². The van der Waals surface area contributed by atoms with Gasteiger partial charge in [0.25, 0.3) is 0 Å². The van der Waals surface area contributed by atoms with Gasteiger partial charge in [-0.1, -0.05) is 15.9 Å². The molecule has 1 aliphatic rings. The standard InChI is InChI=1S/C12H15BrFNS/c13-10-2-3-11(14)9(6-10)7-12(8-15)4-1-5-16-12/h2-3,6H,1,4-5,7-8,15H2. The van der Waals surface area contributed by atoms with E-state index in [4.69, 9.17) is 5.73 Å². The summed E-state index contributed by atoms with van der Waals surface area (Å²) in [5.41, 5.74) is 6.62. The Morgan fingerprint density at radius 2 is 2.31 bits per heavy atom. The third-order valence-corrected chi connectivity index (χ3v) is 5.19. The van der Waals surface area contributed by atoms with Crippen molar-refractivity contribution in [2.75, 3.05) is 12.3 Å². The first-order valence-corrected chi connectivity index (χ1v) is 7.21. The lowest BCUT2D eigenvalue weighted by molar-refractivity contribution is 0.537. The lowest BCUT2D eigenvalue weighted by Gasteiger charge is -2.26. The summed E-state index contributed by atoms with van der Waals surface area (Å²) in [6, 6.07) is 5.12. The van der Waals surface area contributed by atoms with Crippen LogP contribution < -0.4 is 5.73 Å². The summed E-state index contributed by atoms with van der Waals surface area (Å²) >= 11 is 5.27. The number of benzene rings is 1. The van der Waals surface area contributed by atoms with Crippen molar-refractivity contribution < 1.29 is 4.39 Å². The minimum Gasteiger partial charge on any atom is -0.329 e. The molecule has 88 valence electrons. The Morgan fingerprint density at radius 3 is 2.94 bits per heavy atom. The number of nitrogens with two attached hydrogens (primary N) is 1. The Hall–Kier alpha value is -0.0600. The highest BCUT2D eigenvalue weighted by molar-refractivity contribution is 9.10. The van der Waals surface area contributed by atoms with Crippen LogP contribution in [0.3, 0.4) is 0 Å². The molecule has 1 nitrogen and oxygen atoms in total. The van der Waals surface area contributed by atoms with Crippen LogP contribution in [0.5, 0.6) is 0 Å². The van der Waals surface area contributed by atoms with Gasteiger partial charge in [0.2, 0.25) is 0 Å². The zero-order valence-electron chi connectivity index (χ0n) is 9.01. The Labute approximate surface area is 108 Å². The number of halogens is 2. The summed E-state index contributed by atoms with van der Waals surface area (Å²) in [6.07, 6.45) is 3.02. The SMILES string of the molecule is NCC1(Cc2cc(Br)ccc2F)CCCS1. The second-order valence-corrected chi connectivity index (χ2v) is 6.73. The van der Waals surface area contributed by atoms with Gasteiger partial charge in [-0.3, -0.25) is 0 Å². The van der Waals surface area contributed by atoms with Crippen molar-refractivity contribution in [2.45, 2.75) is 24.0 Å². The van der Waals surface area contributed by atoms with Gasteiger partial charge >= 0.3 is 0 Å². The number of hydrogen-bond donors (Lipinski definition) is 1. The van der Waals surface area contributed by atoms with Crippen molar-refractivity contribution in [1.82, 2.24) is 0 Å². The molecule has 1 aromatic rings. The molecule has 0 saturated carbocycles. The third-order valence-electron chi connectivity index (χ3n) is 3.08. The van der Waals surface area contributed by atoms with E-state index >= 15 is 0 Å². The topological polar surface area (TPSA) is 26.0 Å². The van der Waals surface area contributed by atoms with E-state index in [9.17, 15) is 4.39 Å². The van der Waals surface area contributed by atoms with Gasteiger partial charge < -0.3 is 5.73 Å². The molecule has 1 fully saturated rings. The largest absolute Gasteiger partial charge is 0.329 e. The van der Waals surface area contributed by atoms with Gasteiger partial charge in [-0.05, 0) is 48.8 Å². The molecule has 0 aliphatic carbocycles. The molecule has 0 bridgehead atoms. The van der Waals surface area contributed by atoms with Crippen LogP contribution in [0.2, 0.25) is 0 Å². The lowest BCUT2D eigenvalue weighted by atomic mass is 9.94. The Bertz CT molecular complexity index is 377. The second kappa shape index (κ2) is 5.07. The van der Waals surface area contributed by atoms with E-state index in [-0.39, 0.29) is 10.6 Å². The van der Waals surface area contributed by atoms with Gasteiger partial charge in [0.05, 0.1) is 0 Å². The van der Waals surface area contributed by atoms with E-state index in [1.54, 1.807) is 6.07 Å². The maximum Gasteiger partial charge on any atom is 0.126 e. The number of rotatable bonds is 3.